The number of pyridine rings is 1. The monoisotopic (exact) mass is 361 g/mol. The number of aryl methyl sites for hydroxylation is 1. The lowest BCUT2D eigenvalue weighted by atomic mass is 9.73. The van der Waals surface area contributed by atoms with Gasteiger partial charge >= 0.3 is 5.97 Å². The molecule has 0 amide bonds. The van der Waals surface area contributed by atoms with Gasteiger partial charge in [0.15, 0.2) is 0 Å². The van der Waals surface area contributed by atoms with Gasteiger partial charge in [0.25, 0.3) is 0 Å². The fraction of sp³-hybridized carbons (Fsp3) is 0.700. The summed E-state index contributed by atoms with van der Waals surface area (Å²) in [6.07, 6.45) is 6.47. The first-order chi connectivity index (χ1) is 12.6. The molecular formula is C20H31N3O3. The van der Waals surface area contributed by atoms with Gasteiger partial charge < -0.3 is 14.8 Å². The van der Waals surface area contributed by atoms with Gasteiger partial charge in [0.2, 0.25) is 0 Å². The zero-order chi connectivity index (χ0) is 18.4. The third-order valence-electron chi connectivity index (χ3n) is 5.71. The second-order valence-electron chi connectivity index (χ2n) is 7.62. The van der Waals surface area contributed by atoms with Crippen LogP contribution in [0.3, 0.4) is 0 Å². The third kappa shape index (κ3) is 4.74. The molecule has 1 aromatic rings. The Kier molecular flexibility index (Phi) is 6.48. The van der Waals surface area contributed by atoms with Crippen molar-refractivity contribution in [2.75, 3.05) is 51.8 Å². The lowest BCUT2D eigenvalue weighted by Crippen LogP contribution is -2.47. The van der Waals surface area contributed by atoms with E-state index in [2.05, 4.69) is 15.2 Å². The maximum absolute atomic E-state index is 11.7. The van der Waals surface area contributed by atoms with Crippen LogP contribution < -0.4 is 5.32 Å². The molecular weight excluding hydrogens is 330 g/mol. The predicted octanol–water partition coefficient (Wildman–Crippen LogP) is 2.87. The molecule has 0 bridgehead atoms. The number of ether oxygens (including phenoxy) is 2. The summed E-state index contributed by atoms with van der Waals surface area (Å²) in [6, 6.07) is 3.68. The molecule has 26 heavy (non-hydrogen) atoms. The summed E-state index contributed by atoms with van der Waals surface area (Å²) in [6.45, 7) is 7.66. The van der Waals surface area contributed by atoms with E-state index in [1.165, 1.54) is 39.2 Å². The minimum atomic E-state index is -0.336. The van der Waals surface area contributed by atoms with Crippen LogP contribution in [0, 0.1) is 12.3 Å². The number of morpholine rings is 1. The summed E-state index contributed by atoms with van der Waals surface area (Å²) in [5, 5.41) is 3.55. The van der Waals surface area contributed by atoms with Crippen molar-refractivity contribution < 1.29 is 14.3 Å². The number of hydrogen-bond acceptors (Lipinski definition) is 6. The highest BCUT2D eigenvalue weighted by Crippen LogP contribution is 2.37. The van der Waals surface area contributed by atoms with Crippen molar-refractivity contribution in [3.8, 4) is 0 Å². The zero-order valence-corrected chi connectivity index (χ0v) is 16.1. The normalized spacial score (nSPS) is 20.5. The molecule has 3 rings (SSSR count). The van der Waals surface area contributed by atoms with E-state index in [1.54, 1.807) is 6.07 Å². The number of nitrogens with one attached hydrogen (secondary N) is 1. The van der Waals surface area contributed by atoms with Crippen molar-refractivity contribution in [3.05, 3.63) is 23.4 Å². The van der Waals surface area contributed by atoms with Gasteiger partial charge in [-0.05, 0) is 31.9 Å². The molecule has 1 aliphatic carbocycles. The van der Waals surface area contributed by atoms with Crippen molar-refractivity contribution in [2.45, 2.75) is 39.0 Å². The third-order valence-corrected chi connectivity index (χ3v) is 5.71. The zero-order valence-electron chi connectivity index (χ0n) is 16.1. The van der Waals surface area contributed by atoms with Crippen LogP contribution in [-0.2, 0) is 9.47 Å². The van der Waals surface area contributed by atoms with Gasteiger partial charge in [0, 0.05) is 31.6 Å². The molecule has 1 saturated heterocycles. The van der Waals surface area contributed by atoms with Crippen LogP contribution in [-0.4, -0.2) is 62.4 Å². The van der Waals surface area contributed by atoms with Crippen LogP contribution in [0.25, 0.3) is 0 Å². The molecule has 0 aromatic carbocycles. The number of anilines is 1. The summed E-state index contributed by atoms with van der Waals surface area (Å²) in [4.78, 5) is 18.8. The van der Waals surface area contributed by atoms with E-state index < -0.39 is 0 Å². The van der Waals surface area contributed by atoms with Crippen LogP contribution in [0.15, 0.2) is 12.1 Å². The number of carbonyl (C=O) groups is 1. The fourth-order valence-electron chi connectivity index (χ4n) is 4.19. The number of aromatic nitrogens is 1. The van der Waals surface area contributed by atoms with Gasteiger partial charge in [0.05, 0.1) is 31.6 Å². The molecule has 1 aromatic heterocycles. The number of esters is 1. The number of methoxy groups -OCH3 is 1. The number of rotatable bonds is 6. The molecule has 6 heteroatoms. The molecule has 0 unspecified atom stereocenters. The summed E-state index contributed by atoms with van der Waals surface area (Å²) < 4.78 is 10.3. The first-order valence-electron chi connectivity index (χ1n) is 9.72. The fourth-order valence-corrected chi connectivity index (χ4v) is 4.19. The van der Waals surface area contributed by atoms with Crippen LogP contribution in [0.2, 0.25) is 0 Å². The Hall–Kier alpha value is -1.66. The Balaban J connectivity index is 1.65. The Morgan fingerprint density at radius 3 is 2.65 bits per heavy atom. The lowest BCUT2D eigenvalue weighted by molar-refractivity contribution is 0.0102. The first-order valence-corrected chi connectivity index (χ1v) is 9.72. The Bertz CT molecular complexity index is 608. The van der Waals surface area contributed by atoms with Crippen LogP contribution in [0.5, 0.6) is 0 Å². The maximum Gasteiger partial charge on any atom is 0.339 e. The van der Waals surface area contributed by atoms with Crippen LogP contribution in [0.4, 0.5) is 5.82 Å². The van der Waals surface area contributed by atoms with Gasteiger partial charge in [-0.1, -0.05) is 19.3 Å². The Morgan fingerprint density at radius 1 is 1.27 bits per heavy atom. The number of carbonyl (C=O) groups excluding carboxylic acids is 1. The molecule has 2 aliphatic rings. The second-order valence-corrected chi connectivity index (χ2v) is 7.62. The summed E-state index contributed by atoms with van der Waals surface area (Å²) in [7, 11) is 1.40. The summed E-state index contributed by atoms with van der Waals surface area (Å²) >= 11 is 0. The van der Waals surface area contributed by atoms with E-state index in [4.69, 9.17) is 9.47 Å². The van der Waals surface area contributed by atoms with Crippen molar-refractivity contribution in [1.82, 2.24) is 9.88 Å². The van der Waals surface area contributed by atoms with Gasteiger partial charge in [-0.15, -0.1) is 0 Å². The standard InChI is InChI=1S/C20H31N3O3/c1-16-17(19(24)25-2)6-7-18(22-16)21-14-20(8-4-3-5-9-20)15-23-10-12-26-13-11-23/h6-7H,3-5,8-15H2,1-2H3,(H,21,22). The number of hydrogen-bond donors (Lipinski definition) is 1. The molecule has 6 nitrogen and oxygen atoms in total. The van der Waals surface area contributed by atoms with E-state index in [1.807, 2.05) is 13.0 Å². The van der Waals surface area contributed by atoms with Gasteiger partial charge in [0.1, 0.15) is 5.82 Å². The van der Waals surface area contributed by atoms with Gasteiger partial charge in [-0.25, -0.2) is 9.78 Å². The predicted molar refractivity (Wildman–Crippen MR) is 102 cm³/mol. The summed E-state index contributed by atoms with van der Waals surface area (Å²) in [5.74, 6) is 0.500. The number of nitrogens with zero attached hydrogens (tertiary/aromatic N) is 2. The average Bonchev–Trinajstić information content (AvgIpc) is 2.67. The second kappa shape index (κ2) is 8.82. The molecule has 144 valence electrons. The highest BCUT2D eigenvalue weighted by Gasteiger charge is 2.34. The molecule has 2 heterocycles. The van der Waals surface area contributed by atoms with E-state index >= 15 is 0 Å². The van der Waals surface area contributed by atoms with E-state index in [-0.39, 0.29) is 5.97 Å². The average molecular weight is 361 g/mol. The topological polar surface area (TPSA) is 63.7 Å². The first kappa shape index (κ1) is 19.1. The summed E-state index contributed by atoms with van der Waals surface area (Å²) in [5.41, 5.74) is 1.53. The van der Waals surface area contributed by atoms with Crippen LogP contribution >= 0.6 is 0 Å². The van der Waals surface area contributed by atoms with E-state index in [0.29, 0.717) is 16.7 Å². The highest BCUT2D eigenvalue weighted by atomic mass is 16.5. The molecule has 2 fully saturated rings. The Labute approximate surface area is 156 Å². The smallest absolute Gasteiger partial charge is 0.339 e. The largest absolute Gasteiger partial charge is 0.465 e. The Morgan fingerprint density at radius 2 is 2.00 bits per heavy atom. The SMILES string of the molecule is COC(=O)c1ccc(NCC2(CN3CCOCC3)CCCCC2)nc1C. The maximum atomic E-state index is 11.7. The van der Waals surface area contributed by atoms with Crippen molar-refractivity contribution in [3.63, 3.8) is 0 Å². The van der Waals surface area contributed by atoms with Crippen molar-refractivity contribution >= 4 is 11.8 Å². The van der Waals surface area contributed by atoms with E-state index in [9.17, 15) is 4.79 Å². The highest BCUT2D eigenvalue weighted by molar-refractivity contribution is 5.90. The molecule has 0 radical (unpaired) electrons. The molecule has 1 N–H and O–H groups in total. The lowest BCUT2D eigenvalue weighted by Gasteiger charge is -2.42. The minimum absolute atomic E-state index is 0.298. The van der Waals surface area contributed by atoms with Crippen molar-refractivity contribution in [1.29, 1.82) is 0 Å². The molecule has 1 aliphatic heterocycles. The quantitative estimate of drug-likeness (QED) is 0.786. The molecule has 0 atom stereocenters. The molecule has 1 saturated carbocycles. The van der Waals surface area contributed by atoms with Gasteiger partial charge in [-0.2, -0.15) is 0 Å². The minimum Gasteiger partial charge on any atom is -0.465 e. The molecule has 0 spiro atoms. The van der Waals surface area contributed by atoms with Crippen molar-refractivity contribution in [2.24, 2.45) is 5.41 Å². The van der Waals surface area contributed by atoms with Crippen LogP contribution in [0.1, 0.15) is 48.2 Å². The van der Waals surface area contributed by atoms with E-state index in [0.717, 1.165) is 45.2 Å². The van der Waals surface area contributed by atoms with Gasteiger partial charge in [-0.3, -0.25) is 4.90 Å².